The summed E-state index contributed by atoms with van der Waals surface area (Å²) in [4.78, 5) is 28.9. The normalized spacial score (nSPS) is 23.4. The zero-order valence-electron chi connectivity index (χ0n) is 18.0. The van der Waals surface area contributed by atoms with Crippen molar-refractivity contribution < 1.29 is 14.0 Å². The number of nitriles is 1. The maximum atomic E-state index is 14.4. The van der Waals surface area contributed by atoms with Crippen molar-refractivity contribution in [2.45, 2.75) is 32.1 Å². The van der Waals surface area contributed by atoms with Crippen molar-refractivity contribution in [1.82, 2.24) is 0 Å². The Morgan fingerprint density at radius 2 is 1.85 bits per heavy atom. The molecular weight excluding hydrogens is 443 g/mol. The Hall–Kier alpha value is -3.63. The van der Waals surface area contributed by atoms with E-state index in [4.69, 9.17) is 17.3 Å². The van der Waals surface area contributed by atoms with Crippen molar-refractivity contribution in [3.8, 4) is 6.07 Å². The number of nitrogens with zero attached hydrogens (tertiary/aromatic N) is 2. The highest BCUT2D eigenvalue weighted by Gasteiger charge is 2.61. The molecule has 33 heavy (non-hydrogen) atoms. The van der Waals surface area contributed by atoms with Gasteiger partial charge < -0.3 is 11.1 Å². The molecule has 1 spiro atoms. The highest BCUT2D eigenvalue weighted by Crippen LogP contribution is 2.57. The minimum absolute atomic E-state index is 0.0244. The number of nitrogens with one attached hydrogen (secondary N) is 1. The number of benzene rings is 2. The lowest BCUT2D eigenvalue weighted by atomic mass is 9.60. The fourth-order valence-corrected chi connectivity index (χ4v) is 5.40. The van der Waals surface area contributed by atoms with Crippen LogP contribution in [-0.2, 0) is 15.0 Å². The van der Waals surface area contributed by atoms with Crippen LogP contribution in [0.15, 0.2) is 65.1 Å². The van der Waals surface area contributed by atoms with Gasteiger partial charge in [-0.05, 0) is 54.3 Å². The lowest BCUT2D eigenvalue weighted by molar-refractivity contribution is -0.123. The molecule has 0 aromatic heterocycles. The SMILES string of the molecule is CC1(C)CC(=O)C2=C(C1)N(c1ccc(Cl)cc1)C(N)=C(C#N)C21C(=O)Nc2ccc(F)cc21. The van der Waals surface area contributed by atoms with Crippen molar-refractivity contribution in [1.29, 1.82) is 5.26 Å². The summed E-state index contributed by atoms with van der Waals surface area (Å²) in [6, 6.07) is 12.8. The Morgan fingerprint density at radius 1 is 1.15 bits per heavy atom. The Morgan fingerprint density at radius 3 is 2.52 bits per heavy atom. The van der Waals surface area contributed by atoms with Crippen LogP contribution in [0.5, 0.6) is 0 Å². The molecule has 166 valence electrons. The average Bonchev–Trinajstić information content (AvgIpc) is 3.00. The molecule has 0 bridgehead atoms. The number of allylic oxidation sites excluding steroid dienone is 1. The predicted octanol–water partition coefficient (Wildman–Crippen LogP) is 4.53. The summed E-state index contributed by atoms with van der Waals surface area (Å²) in [5, 5.41) is 13.5. The standard InChI is InChI=1S/C25H20ClFN4O2/c1-24(2)10-19-21(20(32)11-24)25(16-9-14(27)5-8-18(16)30-23(25)33)17(12-28)22(29)31(19)15-6-3-13(26)4-7-15/h3-9H,10-11,29H2,1-2H3,(H,30,33). The molecule has 1 unspecified atom stereocenters. The third-order valence-electron chi connectivity index (χ3n) is 6.54. The molecular formula is C25H20ClFN4O2. The number of Topliss-reactive ketones (excluding diaryl/α,β-unsaturated/α-hetero) is 1. The highest BCUT2D eigenvalue weighted by atomic mass is 35.5. The molecule has 0 radical (unpaired) electrons. The number of halogens is 2. The van der Waals surface area contributed by atoms with Crippen LogP contribution in [0.4, 0.5) is 15.8 Å². The molecule has 3 N–H and O–H groups in total. The number of hydrogen-bond acceptors (Lipinski definition) is 5. The number of nitrogens with two attached hydrogens (primary N) is 1. The molecule has 2 heterocycles. The lowest BCUT2D eigenvalue weighted by Crippen LogP contribution is -2.52. The van der Waals surface area contributed by atoms with E-state index < -0.39 is 22.6 Å². The van der Waals surface area contributed by atoms with E-state index in [0.29, 0.717) is 28.5 Å². The predicted molar refractivity (Wildman–Crippen MR) is 123 cm³/mol. The van der Waals surface area contributed by atoms with E-state index in [1.165, 1.54) is 18.2 Å². The quantitative estimate of drug-likeness (QED) is 0.648. The van der Waals surface area contributed by atoms with Gasteiger partial charge in [0.05, 0.1) is 5.57 Å². The van der Waals surface area contributed by atoms with Gasteiger partial charge in [0.1, 0.15) is 23.1 Å². The zero-order valence-corrected chi connectivity index (χ0v) is 18.8. The molecule has 3 aliphatic rings. The maximum Gasteiger partial charge on any atom is 0.245 e. The second-order valence-electron chi connectivity index (χ2n) is 9.34. The van der Waals surface area contributed by atoms with Crippen LogP contribution in [0.2, 0.25) is 5.02 Å². The molecule has 2 aliphatic heterocycles. The molecule has 0 saturated carbocycles. The van der Waals surface area contributed by atoms with Gasteiger partial charge in [-0.25, -0.2) is 4.39 Å². The lowest BCUT2D eigenvalue weighted by Gasteiger charge is -2.46. The van der Waals surface area contributed by atoms with Crippen LogP contribution in [0.25, 0.3) is 0 Å². The fraction of sp³-hybridized carbons (Fsp3) is 0.240. The van der Waals surface area contributed by atoms with E-state index in [0.717, 1.165) is 0 Å². The van der Waals surface area contributed by atoms with Crippen LogP contribution in [0.3, 0.4) is 0 Å². The largest absolute Gasteiger partial charge is 0.384 e. The smallest absolute Gasteiger partial charge is 0.245 e. The summed E-state index contributed by atoms with van der Waals surface area (Å²) in [5.74, 6) is -1.41. The van der Waals surface area contributed by atoms with Crippen molar-refractivity contribution in [3.63, 3.8) is 0 Å². The molecule has 1 amide bonds. The molecule has 1 atom stereocenters. The van der Waals surface area contributed by atoms with Gasteiger partial charge in [0.25, 0.3) is 0 Å². The second kappa shape index (κ2) is 6.93. The van der Waals surface area contributed by atoms with Gasteiger partial charge in [-0.1, -0.05) is 25.4 Å². The van der Waals surface area contributed by atoms with Crippen LogP contribution in [0, 0.1) is 22.6 Å². The third-order valence-corrected chi connectivity index (χ3v) is 6.79. The van der Waals surface area contributed by atoms with Crippen molar-refractivity contribution in [3.05, 3.63) is 81.5 Å². The maximum absolute atomic E-state index is 14.4. The number of carbonyl (C=O) groups excluding carboxylic acids is 2. The average molecular weight is 463 g/mol. The number of hydrogen-bond donors (Lipinski definition) is 2. The van der Waals surface area contributed by atoms with Crippen molar-refractivity contribution in [2.24, 2.45) is 11.1 Å². The molecule has 2 aromatic carbocycles. The number of rotatable bonds is 1. The Balaban J connectivity index is 1.90. The first-order valence-electron chi connectivity index (χ1n) is 10.4. The first kappa shape index (κ1) is 21.2. The Kier molecular flexibility index (Phi) is 4.46. The van der Waals surface area contributed by atoms with Crippen molar-refractivity contribution >= 4 is 34.7 Å². The van der Waals surface area contributed by atoms with Gasteiger partial charge in [-0.2, -0.15) is 5.26 Å². The number of amides is 1. The second-order valence-corrected chi connectivity index (χ2v) is 9.78. The monoisotopic (exact) mass is 462 g/mol. The van der Waals surface area contributed by atoms with Crippen LogP contribution in [0.1, 0.15) is 32.3 Å². The molecule has 8 heteroatoms. The van der Waals surface area contributed by atoms with Gasteiger partial charge >= 0.3 is 0 Å². The first-order valence-corrected chi connectivity index (χ1v) is 10.8. The number of carbonyl (C=O) groups is 2. The van der Waals surface area contributed by atoms with E-state index in [9.17, 15) is 19.2 Å². The summed E-state index contributed by atoms with van der Waals surface area (Å²) in [7, 11) is 0. The molecule has 0 saturated heterocycles. The fourth-order valence-electron chi connectivity index (χ4n) is 5.28. The first-order chi connectivity index (χ1) is 15.6. The molecule has 0 fully saturated rings. The molecule has 6 nitrogen and oxygen atoms in total. The minimum Gasteiger partial charge on any atom is -0.384 e. The summed E-state index contributed by atoms with van der Waals surface area (Å²) in [6.07, 6.45) is 0.606. The number of ketones is 1. The van der Waals surface area contributed by atoms with Gasteiger partial charge in [0, 0.05) is 39.7 Å². The Labute approximate surface area is 195 Å². The Bertz CT molecular complexity index is 1350. The van der Waals surface area contributed by atoms with Crippen LogP contribution in [-0.4, -0.2) is 11.7 Å². The van der Waals surface area contributed by atoms with E-state index in [1.807, 2.05) is 13.8 Å². The zero-order chi connectivity index (χ0) is 23.7. The topological polar surface area (TPSA) is 99.2 Å². The van der Waals surface area contributed by atoms with Gasteiger partial charge in [0.15, 0.2) is 5.78 Å². The summed E-state index contributed by atoms with van der Waals surface area (Å²) in [6.45, 7) is 3.92. The van der Waals surface area contributed by atoms with Gasteiger partial charge in [0.2, 0.25) is 5.91 Å². The van der Waals surface area contributed by atoms with Gasteiger partial charge in [-0.3, -0.25) is 14.5 Å². The summed E-state index contributed by atoms with van der Waals surface area (Å²) in [5.41, 5.74) is 6.15. The highest BCUT2D eigenvalue weighted by molar-refractivity contribution is 6.30. The summed E-state index contributed by atoms with van der Waals surface area (Å²) < 4.78 is 14.4. The van der Waals surface area contributed by atoms with Gasteiger partial charge in [-0.15, -0.1) is 0 Å². The van der Waals surface area contributed by atoms with Crippen molar-refractivity contribution in [2.75, 3.05) is 10.2 Å². The molecule has 1 aliphatic carbocycles. The van der Waals surface area contributed by atoms with Crippen LogP contribution >= 0.6 is 11.6 Å². The minimum atomic E-state index is -1.80. The van der Waals surface area contributed by atoms with E-state index in [-0.39, 0.29) is 34.7 Å². The molecule has 5 rings (SSSR count). The van der Waals surface area contributed by atoms with E-state index >= 15 is 0 Å². The van der Waals surface area contributed by atoms with E-state index in [1.54, 1.807) is 29.2 Å². The summed E-state index contributed by atoms with van der Waals surface area (Å²) >= 11 is 6.07. The van der Waals surface area contributed by atoms with E-state index in [2.05, 4.69) is 11.4 Å². The van der Waals surface area contributed by atoms with Crippen LogP contribution < -0.4 is 16.0 Å². The number of anilines is 2. The molecule has 2 aromatic rings. The third kappa shape index (κ3) is 2.84. The number of fused-ring (bicyclic) bond motifs is 3.